The van der Waals surface area contributed by atoms with Gasteiger partial charge in [0.25, 0.3) is 8.32 Å². The van der Waals surface area contributed by atoms with Crippen LogP contribution in [0.25, 0.3) is 0 Å². The maximum absolute atomic E-state index is 12.3. The molecule has 0 spiro atoms. The summed E-state index contributed by atoms with van der Waals surface area (Å²) in [5.74, 6) is 0.395. The average Bonchev–Trinajstić information content (AvgIpc) is 3.07. The van der Waals surface area contributed by atoms with Crippen LogP contribution in [0.3, 0.4) is 0 Å². The lowest BCUT2D eigenvalue weighted by molar-refractivity contribution is -0.118. The fraction of sp³-hybridized carbons (Fsp3) is 0.480. The molecule has 154 valence electrons. The van der Waals surface area contributed by atoms with Crippen LogP contribution in [0.4, 0.5) is 0 Å². The lowest BCUT2D eigenvalue weighted by atomic mass is 9.82. The highest BCUT2D eigenvalue weighted by Gasteiger charge is 2.60. The van der Waals surface area contributed by atoms with Crippen LogP contribution < -0.4 is 10.4 Å². The van der Waals surface area contributed by atoms with Crippen molar-refractivity contribution in [3.05, 3.63) is 60.7 Å². The summed E-state index contributed by atoms with van der Waals surface area (Å²) in [7, 11) is -2.74. The van der Waals surface area contributed by atoms with E-state index in [1.807, 2.05) is 12.1 Å². The molecule has 3 nitrogen and oxygen atoms in total. The zero-order valence-corrected chi connectivity index (χ0v) is 18.9. The van der Waals surface area contributed by atoms with E-state index in [0.717, 1.165) is 0 Å². The molecule has 4 atom stereocenters. The quantitative estimate of drug-likeness (QED) is 0.785. The van der Waals surface area contributed by atoms with Crippen molar-refractivity contribution in [2.75, 3.05) is 0 Å². The predicted molar refractivity (Wildman–Crippen MR) is 119 cm³/mol. The first-order valence-corrected chi connectivity index (χ1v) is 12.6. The van der Waals surface area contributed by atoms with E-state index in [-0.39, 0.29) is 22.5 Å². The van der Waals surface area contributed by atoms with Gasteiger partial charge in [-0.1, -0.05) is 88.4 Å². The lowest BCUT2D eigenvalue weighted by Gasteiger charge is -2.46. The van der Waals surface area contributed by atoms with E-state index in [1.54, 1.807) is 0 Å². The van der Waals surface area contributed by atoms with Gasteiger partial charge in [0.2, 0.25) is 0 Å². The molecule has 29 heavy (non-hydrogen) atoms. The first kappa shape index (κ1) is 20.5. The number of Topliss-reactive ketones (excluding diaryl/α,β-unsaturated/α-hetero) is 1. The van der Waals surface area contributed by atoms with Crippen LogP contribution in [-0.2, 0) is 9.22 Å². The number of carbonyl (C=O) groups excluding carboxylic acids is 1. The van der Waals surface area contributed by atoms with Gasteiger partial charge >= 0.3 is 0 Å². The second-order valence-corrected chi connectivity index (χ2v) is 14.5. The molecule has 0 bridgehead atoms. The fourth-order valence-electron chi connectivity index (χ4n) is 5.80. The van der Waals surface area contributed by atoms with Gasteiger partial charge < -0.3 is 9.53 Å². The Bertz CT molecular complexity index is 834. The number of carbonyl (C=O) groups is 1. The highest BCUT2D eigenvalue weighted by Crippen LogP contribution is 2.55. The Morgan fingerprint density at radius 2 is 1.52 bits per heavy atom. The van der Waals surface area contributed by atoms with Crippen LogP contribution in [-0.4, -0.2) is 31.4 Å². The monoisotopic (exact) mass is 408 g/mol. The Labute approximate surface area is 175 Å². The van der Waals surface area contributed by atoms with Crippen LogP contribution in [0.15, 0.2) is 60.7 Å². The first-order valence-electron chi connectivity index (χ1n) is 10.7. The van der Waals surface area contributed by atoms with Gasteiger partial charge in [-0.05, 0) is 33.2 Å². The van der Waals surface area contributed by atoms with Crippen molar-refractivity contribution >= 4 is 24.5 Å². The Hall–Kier alpha value is -1.75. The Morgan fingerprint density at radius 3 is 2.00 bits per heavy atom. The summed E-state index contributed by atoms with van der Waals surface area (Å²) in [6.07, 6.45) is 0.899. The lowest BCUT2D eigenvalue weighted by Crippen LogP contribution is -2.68. The van der Waals surface area contributed by atoms with Gasteiger partial charge in [-0.15, -0.1) is 0 Å². The van der Waals surface area contributed by atoms with Crippen molar-refractivity contribution in [3.63, 3.8) is 0 Å². The van der Waals surface area contributed by atoms with Crippen LogP contribution in [0.2, 0.25) is 5.04 Å². The van der Waals surface area contributed by atoms with E-state index in [0.29, 0.717) is 25.0 Å². The highest BCUT2D eigenvalue weighted by molar-refractivity contribution is 6.99. The van der Waals surface area contributed by atoms with Crippen LogP contribution >= 0.6 is 0 Å². The summed E-state index contributed by atoms with van der Waals surface area (Å²) in [4.78, 5) is 12.3. The van der Waals surface area contributed by atoms with Gasteiger partial charge in [-0.3, -0.25) is 4.79 Å². The molecule has 2 aromatic rings. The molecule has 0 radical (unpaired) electrons. The number of hydrogen-bond donors (Lipinski definition) is 1. The molecule has 4 heteroatoms. The average molecular weight is 409 g/mol. The highest BCUT2D eigenvalue weighted by atomic mass is 28.4. The van der Waals surface area contributed by atoms with Crippen molar-refractivity contribution in [2.45, 2.75) is 64.2 Å². The smallest absolute Gasteiger partial charge is 0.261 e. The van der Waals surface area contributed by atoms with Gasteiger partial charge in [-0.25, -0.2) is 0 Å². The van der Waals surface area contributed by atoms with E-state index in [9.17, 15) is 9.90 Å². The molecular weight excluding hydrogens is 376 g/mol. The second-order valence-electron chi connectivity index (χ2n) is 10.2. The third kappa shape index (κ3) is 3.31. The first-order chi connectivity index (χ1) is 13.7. The number of aliphatic hydroxyl groups is 1. The molecule has 0 unspecified atom stereocenters. The largest absolute Gasteiger partial charge is 0.402 e. The summed E-state index contributed by atoms with van der Waals surface area (Å²) in [5, 5.41) is 13.3. The zero-order valence-electron chi connectivity index (χ0n) is 17.9. The third-order valence-electron chi connectivity index (χ3n) is 7.12. The molecule has 0 heterocycles. The van der Waals surface area contributed by atoms with Crippen molar-refractivity contribution in [1.29, 1.82) is 0 Å². The molecule has 2 fully saturated rings. The Morgan fingerprint density at radius 1 is 1.00 bits per heavy atom. The van der Waals surface area contributed by atoms with Gasteiger partial charge in [-0.2, -0.15) is 0 Å². The minimum absolute atomic E-state index is 0.0895. The van der Waals surface area contributed by atoms with Crippen molar-refractivity contribution in [1.82, 2.24) is 0 Å². The number of ketones is 1. The van der Waals surface area contributed by atoms with Gasteiger partial charge in [0.05, 0.1) is 12.2 Å². The maximum atomic E-state index is 12.3. The van der Waals surface area contributed by atoms with Crippen LogP contribution in [0, 0.1) is 11.3 Å². The van der Waals surface area contributed by atoms with Crippen LogP contribution in [0.5, 0.6) is 0 Å². The Balaban J connectivity index is 1.86. The Kier molecular flexibility index (Phi) is 5.08. The summed E-state index contributed by atoms with van der Waals surface area (Å²) >= 11 is 0. The fourth-order valence-corrected chi connectivity index (χ4v) is 10.5. The van der Waals surface area contributed by atoms with Crippen molar-refractivity contribution in [3.8, 4) is 0 Å². The minimum Gasteiger partial charge on any atom is -0.402 e. The van der Waals surface area contributed by atoms with E-state index in [1.165, 1.54) is 10.4 Å². The number of hydrogen-bond acceptors (Lipinski definition) is 3. The molecule has 2 aromatic carbocycles. The molecule has 2 aliphatic carbocycles. The zero-order chi connectivity index (χ0) is 20.9. The summed E-state index contributed by atoms with van der Waals surface area (Å²) in [6, 6.07) is 21.0. The molecule has 2 saturated carbocycles. The maximum Gasteiger partial charge on any atom is 0.261 e. The van der Waals surface area contributed by atoms with Gasteiger partial charge in [0, 0.05) is 12.8 Å². The summed E-state index contributed by atoms with van der Waals surface area (Å²) in [5.41, 5.74) is -0.146. The molecule has 1 N–H and O–H groups in total. The third-order valence-corrected chi connectivity index (χ3v) is 12.2. The number of fused-ring (bicyclic) bond motifs is 1. The molecular formula is C25H32O3Si. The normalized spacial score (nSPS) is 29.8. The van der Waals surface area contributed by atoms with E-state index >= 15 is 0 Å². The number of aliphatic hydroxyl groups excluding tert-OH is 1. The molecule has 0 amide bonds. The minimum atomic E-state index is -2.74. The second kappa shape index (κ2) is 7.19. The number of benzene rings is 2. The molecule has 2 aliphatic rings. The molecule has 0 saturated heterocycles. The standard InChI is InChI=1S/C25H32O3Si/c1-24(2,3)29(19-11-7-5-8-12-19,20-13-9-6-10-14-20)28-23-21-15-18(26)16-25(21,4)17-22(23)27/h5-14,21-23,27H,15-17H2,1-4H3/t21-,22-,23+,25+/m1/s1. The molecule has 0 aromatic heterocycles. The predicted octanol–water partition coefficient (Wildman–Crippen LogP) is 3.68. The summed E-state index contributed by atoms with van der Waals surface area (Å²) < 4.78 is 7.21. The molecule has 0 aliphatic heterocycles. The van der Waals surface area contributed by atoms with Crippen molar-refractivity contribution < 1.29 is 14.3 Å². The topological polar surface area (TPSA) is 46.5 Å². The van der Waals surface area contributed by atoms with E-state index < -0.39 is 14.4 Å². The SMILES string of the molecule is CC(C)(C)[Si](O[C@@H]1[C@H](O)C[C@]2(C)CC(=O)C[C@H]12)(c1ccccc1)c1ccccc1. The van der Waals surface area contributed by atoms with Crippen molar-refractivity contribution in [2.24, 2.45) is 11.3 Å². The number of rotatable bonds is 4. The molecule has 4 rings (SSSR count). The van der Waals surface area contributed by atoms with Crippen LogP contribution in [0.1, 0.15) is 47.0 Å². The van der Waals surface area contributed by atoms with E-state index in [2.05, 4.69) is 76.2 Å². The summed E-state index contributed by atoms with van der Waals surface area (Å²) in [6.45, 7) is 8.90. The van der Waals surface area contributed by atoms with E-state index in [4.69, 9.17) is 4.43 Å². The van der Waals surface area contributed by atoms with Gasteiger partial charge in [0.1, 0.15) is 5.78 Å². The van der Waals surface area contributed by atoms with Gasteiger partial charge in [0.15, 0.2) is 0 Å².